The summed E-state index contributed by atoms with van der Waals surface area (Å²) in [6.07, 6.45) is 36.9. The molecule has 0 rings (SSSR count). The minimum absolute atomic E-state index is 0.146. The monoisotopic (exact) mass is 720 g/mol. The Bertz CT molecular complexity index is 774. The van der Waals surface area contributed by atoms with Crippen molar-refractivity contribution in [2.45, 2.75) is 214 Å². The lowest BCUT2D eigenvalue weighted by molar-refractivity contribution is -0.138. The zero-order valence-corrected chi connectivity index (χ0v) is 34.4. The Morgan fingerprint density at radius 3 is 1.14 bits per heavy atom. The van der Waals surface area contributed by atoms with E-state index in [1.165, 1.54) is 114 Å². The number of aliphatic hydroxyl groups excluding tert-OH is 1. The average Bonchev–Trinajstić information content (AvgIpc) is 3.12. The summed E-state index contributed by atoms with van der Waals surface area (Å²) in [6.45, 7) is 13.4. The van der Waals surface area contributed by atoms with Crippen LogP contribution < -0.4 is 0 Å². The lowest BCUT2D eigenvalue weighted by Gasteiger charge is -2.22. The summed E-state index contributed by atoms with van der Waals surface area (Å²) in [4.78, 5) is 27.1. The number of esters is 2. The van der Waals surface area contributed by atoms with E-state index < -0.39 is 0 Å². The zero-order valence-electron chi connectivity index (χ0n) is 34.4. The first-order chi connectivity index (χ1) is 25.0. The van der Waals surface area contributed by atoms with Crippen molar-refractivity contribution in [1.29, 1.82) is 0 Å². The predicted octanol–water partition coefficient (Wildman–Crippen LogP) is 12.6. The van der Waals surface area contributed by atoms with E-state index in [1.54, 1.807) is 12.2 Å². The Labute approximate surface area is 317 Å². The highest BCUT2D eigenvalue weighted by molar-refractivity contribution is 5.83. The van der Waals surface area contributed by atoms with E-state index in [1.807, 2.05) is 0 Å². The first-order valence-corrected chi connectivity index (χ1v) is 22.1. The zero-order chi connectivity index (χ0) is 37.5. The largest absolute Gasteiger partial charge is 0.463 e. The maximum absolute atomic E-state index is 12.3. The van der Waals surface area contributed by atoms with Gasteiger partial charge in [0.1, 0.15) is 0 Å². The summed E-state index contributed by atoms with van der Waals surface area (Å²) in [7, 11) is 0. The number of carbonyl (C=O) groups excluding carboxylic acids is 2. The molecule has 0 bridgehead atoms. The summed E-state index contributed by atoms with van der Waals surface area (Å²) < 4.78 is 11.0. The molecule has 0 atom stereocenters. The average molecular weight is 720 g/mol. The number of unbranched alkanes of at least 4 members (excludes halogenated alkanes) is 18. The topological polar surface area (TPSA) is 76.1 Å². The number of nitrogens with zero attached hydrogens (tertiary/aromatic N) is 1. The van der Waals surface area contributed by atoms with Crippen LogP contribution in [0, 0.1) is 0 Å². The molecule has 1 N–H and O–H groups in total. The third-order valence-electron chi connectivity index (χ3n) is 9.91. The lowest BCUT2D eigenvalue weighted by Crippen LogP contribution is -2.27. The molecule has 0 aromatic carbocycles. The second-order valence-electron chi connectivity index (χ2n) is 14.9. The standard InChI is InChI=1S/C45H85NO5/c1-5-9-23-32-42(30-11-7-3)40-44(48)50-38-27-21-17-13-15-19-25-34-46(36-29-37-47)35-26-20-16-14-18-22-28-39-51-45(49)41-43(31-12-8-4)33-24-10-6-2/h40-41,47H,5-39H2,1-4H3/b42-40+,43-41+. The first kappa shape index (κ1) is 49.3. The van der Waals surface area contributed by atoms with Gasteiger partial charge in [0.2, 0.25) is 0 Å². The van der Waals surface area contributed by atoms with E-state index in [4.69, 9.17) is 9.47 Å². The highest BCUT2D eigenvalue weighted by Gasteiger charge is 2.07. The van der Waals surface area contributed by atoms with Crippen molar-refractivity contribution in [3.8, 4) is 0 Å². The highest BCUT2D eigenvalue weighted by Crippen LogP contribution is 2.18. The number of hydrogen-bond acceptors (Lipinski definition) is 6. The summed E-state index contributed by atoms with van der Waals surface area (Å²) in [5.41, 5.74) is 2.53. The van der Waals surface area contributed by atoms with E-state index in [-0.39, 0.29) is 18.5 Å². The molecule has 300 valence electrons. The van der Waals surface area contributed by atoms with E-state index in [2.05, 4.69) is 32.6 Å². The van der Waals surface area contributed by atoms with Crippen molar-refractivity contribution in [2.24, 2.45) is 0 Å². The van der Waals surface area contributed by atoms with Crippen LogP contribution in [0.5, 0.6) is 0 Å². The van der Waals surface area contributed by atoms with Gasteiger partial charge in [-0.1, -0.05) is 142 Å². The van der Waals surface area contributed by atoms with Crippen LogP contribution in [-0.2, 0) is 19.1 Å². The van der Waals surface area contributed by atoms with Gasteiger partial charge in [-0.2, -0.15) is 0 Å². The number of hydrogen-bond donors (Lipinski definition) is 1. The Balaban J connectivity index is 3.94. The van der Waals surface area contributed by atoms with Gasteiger partial charge in [0, 0.05) is 25.3 Å². The van der Waals surface area contributed by atoms with E-state index >= 15 is 0 Å². The Kier molecular flexibility index (Phi) is 38.3. The number of allylic oxidation sites excluding steroid dienone is 2. The molecule has 0 heterocycles. The summed E-state index contributed by atoms with van der Waals surface area (Å²) in [5, 5.41) is 9.37. The number of rotatable bonds is 39. The van der Waals surface area contributed by atoms with Crippen LogP contribution >= 0.6 is 0 Å². The molecule has 0 aliphatic rings. The summed E-state index contributed by atoms with van der Waals surface area (Å²) >= 11 is 0. The van der Waals surface area contributed by atoms with Crippen LogP contribution in [0.2, 0.25) is 0 Å². The van der Waals surface area contributed by atoms with Crippen LogP contribution in [0.3, 0.4) is 0 Å². The second kappa shape index (κ2) is 39.5. The molecule has 0 saturated heterocycles. The van der Waals surface area contributed by atoms with Gasteiger partial charge >= 0.3 is 11.9 Å². The number of aliphatic hydroxyl groups is 1. The molecule has 0 saturated carbocycles. The molecule has 0 unspecified atom stereocenters. The van der Waals surface area contributed by atoms with Gasteiger partial charge in [-0.15, -0.1) is 0 Å². The minimum Gasteiger partial charge on any atom is -0.463 e. The van der Waals surface area contributed by atoms with Crippen molar-refractivity contribution < 1.29 is 24.2 Å². The summed E-state index contributed by atoms with van der Waals surface area (Å²) in [5.74, 6) is -0.292. The number of ether oxygens (including phenoxy) is 2. The van der Waals surface area contributed by atoms with Crippen molar-refractivity contribution in [1.82, 2.24) is 4.90 Å². The van der Waals surface area contributed by atoms with Gasteiger partial charge in [-0.05, 0) is 96.6 Å². The molecule has 6 heteroatoms. The molecule has 0 amide bonds. The van der Waals surface area contributed by atoms with Gasteiger partial charge < -0.3 is 19.5 Å². The van der Waals surface area contributed by atoms with Gasteiger partial charge in [0.15, 0.2) is 0 Å². The van der Waals surface area contributed by atoms with Crippen molar-refractivity contribution >= 4 is 11.9 Å². The molecule has 0 aliphatic carbocycles. The Morgan fingerprint density at radius 1 is 0.431 bits per heavy atom. The molecule has 0 aliphatic heterocycles. The third-order valence-corrected chi connectivity index (χ3v) is 9.91. The molecule has 51 heavy (non-hydrogen) atoms. The lowest BCUT2D eigenvalue weighted by atomic mass is 10.0. The Hall–Kier alpha value is -1.66. The van der Waals surface area contributed by atoms with Crippen LogP contribution in [0.1, 0.15) is 214 Å². The molecular formula is C45H85NO5. The van der Waals surface area contributed by atoms with Crippen LogP contribution in [0.15, 0.2) is 23.3 Å². The van der Waals surface area contributed by atoms with Gasteiger partial charge in [0.05, 0.1) is 13.2 Å². The number of carbonyl (C=O) groups is 2. The van der Waals surface area contributed by atoms with Gasteiger partial charge in [0.25, 0.3) is 0 Å². The van der Waals surface area contributed by atoms with Gasteiger partial charge in [-0.3, -0.25) is 0 Å². The van der Waals surface area contributed by atoms with Crippen LogP contribution in [0.4, 0.5) is 0 Å². The fourth-order valence-corrected chi connectivity index (χ4v) is 6.59. The normalized spacial score (nSPS) is 12.2. The molecular weight excluding hydrogens is 634 g/mol. The molecule has 6 nitrogen and oxygen atoms in total. The van der Waals surface area contributed by atoms with E-state index in [0.717, 1.165) is 103 Å². The fraction of sp³-hybridized carbons (Fsp3) is 0.867. The molecule has 0 spiro atoms. The highest BCUT2D eigenvalue weighted by atomic mass is 16.5. The van der Waals surface area contributed by atoms with Crippen molar-refractivity contribution in [3.63, 3.8) is 0 Å². The van der Waals surface area contributed by atoms with E-state index in [9.17, 15) is 14.7 Å². The fourth-order valence-electron chi connectivity index (χ4n) is 6.59. The van der Waals surface area contributed by atoms with Crippen molar-refractivity contribution in [2.75, 3.05) is 39.5 Å². The SMILES string of the molecule is CCCCC/C(=C/C(=O)OCCCCCCCCCN(CCCO)CCCCCCCCCOC(=O)/C=C(\CCCC)CCCCC)CCCC. The third kappa shape index (κ3) is 35.2. The second-order valence-corrected chi connectivity index (χ2v) is 14.9. The van der Waals surface area contributed by atoms with Crippen LogP contribution in [0.25, 0.3) is 0 Å². The Morgan fingerprint density at radius 2 is 0.765 bits per heavy atom. The molecule has 0 radical (unpaired) electrons. The van der Waals surface area contributed by atoms with Gasteiger partial charge in [-0.25, -0.2) is 9.59 Å². The smallest absolute Gasteiger partial charge is 0.330 e. The first-order valence-electron chi connectivity index (χ1n) is 22.1. The molecule has 0 aromatic heterocycles. The summed E-state index contributed by atoms with van der Waals surface area (Å²) in [6, 6.07) is 0. The molecule has 0 fully saturated rings. The van der Waals surface area contributed by atoms with E-state index in [0.29, 0.717) is 13.2 Å². The predicted molar refractivity (Wildman–Crippen MR) is 218 cm³/mol. The minimum atomic E-state index is -0.146. The quantitative estimate of drug-likeness (QED) is 0.0387. The van der Waals surface area contributed by atoms with Crippen LogP contribution in [-0.4, -0.2) is 61.4 Å². The maximum Gasteiger partial charge on any atom is 0.330 e. The van der Waals surface area contributed by atoms with Crippen molar-refractivity contribution in [3.05, 3.63) is 23.3 Å². The molecule has 0 aromatic rings. The maximum atomic E-state index is 12.3.